The Bertz CT molecular complexity index is 404. The first-order valence-corrected chi connectivity index (χ1v) is 7.36. The number of hydrogen-bond acceptors (Lipinski definition) is 2. The highest BCUT2D eigenvalue weighted by atomic mass is 19.1. The number of rotatable bonds is 7. The normalized spacial score (nSPS) is 17.0. The van der Waals surface area contributed by atoms with Gasteiger partial charge in [0, 0.05) is 11.6 Å². The lowest BCUT2D eigenvalue weighted by Gasteiger charge is -2.25. The van der Waals surface area contributed by atoms with E-state index in [0.29, 0.717) is 0 Å². The van der Waals surface area contributed by atoms with Gasteiger partial charge in [0.1, 0.15) is 11.6 Å². The first-order chi connectivity index (χ1) is 9.20. The molecule has 1 N–H and O–H groups in total. The summed E-state index contributed by atoms with van der Waals surface area (Å²) >= 11 is 0. The molecule has 1 aliphatic carbocycles. The van der Waals surface area contributed by atoms with E-state index >= 15 is 0 Å². The summed E-state index contributed by atoms with van der Waals surface area (Å²) in [6.45, 7) is 5.69. The molecule has 1 fully saturated rings. The van der Waals surface area contributed by atoms with Gasteiger partial charge >= 0.3 is 0 Å². The van der Waals surface area contributed by atoms with Crippen LogP contribution in [0, 0.1) is 11.7 Å². The molecular weight excluding hydrogens is 241 g/mol. The van der Waals surface area contributed by atoms with Crippen molar-refractivity contribution in [3.05, 3.63) is 29.6 Å². The molecule has 106 valence electrons. The van der Waals surface area contributed by atoms with Gasteiger partial charge in [-0.25, -0.2) is 4.39 Å². The summed E-state index contributed by atoms with van der Waals surface area (Å²) in [5.74, 6) is 1.45. The third kappa shape index (κ3) is 3.93. The first-order valence-electron chi connectivity index (χ1n) is 7.36. The molecule has 2 rings (SSSR count). The molecule has 3 heteroatoms. The van der Waals surface area contributed by atoms with Crippen LogP contribution >= 0.6 is 0 Å². The molecule has 0 heterocycles. The minimum atomic E-state index is -0.203. The van der Waals surface area contributed by atoms with Crippen molar-refractivity contribution in [3.8, 4) is 5.75 Å². The van der Waals surface area contributed by atoms with Crippen molar-refractivity contribution in [2.45, 2.75) is 45.6 Å². The fourth-order valence-electron chi connectivity index (χ4n) is 2.52. The Morgan fingerprint density at radius 1 is 1.42 bits per heavy atom. The van der Waals surface area contributed by atoms with E-state index in [4.69, 9.17) is 4.74 Å². The maximum absolute atomic E-state index is 13.4. The van der Waals surface area contributed by atoms with E-state index in [1.54, 1.807) is 12.1 Å². The molecule has 1 saturated carbocycles. The monoisotopic (exact) mass is 265 g/mol. The molecule has 0 radical (unpaired) electrons. The molecule has 0 bridgehead atoms. The van der Waals surface area contributed by atoms with Crippen molar-refractivity contribution < 1.29 is 9.13 Å². The van der Waals surface area contributed by atoms with Gasteiger partial charge < -0.3 is 10.1 Å². The quantitative estimate of drug-likeness (QED) is 0.802. The van der Waals surface area contributed by atoms with Crippen molar-refractivity contribution in [3.63, 3.8) is 0 Å². The first kappa shape index (κ1) is 14.3. The lowest BCUT2D eigenvalue weighted by Crippen LogP contribution is -2.19. The van der Waals surface area contributed by atoms with Crippen LogP contribution in [0.3, 0.4) is 0 Å². The van der Waals surface area contributed by atoms with E-state index in [0.717, 1.165) is 36.8 Å². The second-order valence-corrected chi connectivity index (χ2v) is 5.40. The third-order valence-corrected chi connectivity index (χ3v) is 3.96. The van der Waals surface area contributed by atoms with Gasteiger partial charge in [0.05, 0.1) is 6.61 Å². The summed E-state index contributed by atoms with van der Waals surface area (Å²) in [6, 6.07) is 4.91. The van der Waals surface area contributed by atoms with Gasteiger partial charge in [0.15, 0.2) is 0 Å². The average Bonchev–Trinajstić information content (AvgIpc) is 2.34. The van der Waals surface area contributed by atoms with E-state index in [1.165, 1.54) is 25.3 Å². The highest BCUT2D eigenvalue weighted by molar-refractivity contribution is 5.36. The average molecular weight is 265 g/mol. The summed E-state index contributed by atoms with van der Waals surface area (Å²) < 4.78 is 19.2. The Kier molecular flexibility index (Phi) is 5.20. The van der Waals surface area contributed by atoms with Gasteiger partial charge in [-0.1, -0.05) is 26.2 Å². The lowest BCUT2D eigenvalue weighted by molar-refractivity contribution is 0.220. The Morgan fingerprint density at radius 3 is 2.84 bits per heavy atom. The minimum Gasteiger partial charge on any atom is -0.493 e. The standard InChI is InChI=1S/C16H24FNO/c1-3-18-12(2)15-11-14(17)7-8-16(15)19-10-9-13-5-4-6-13/h7-8,11-13,18H,3-6,9-10H2,1-2H3. The molecule has 0 spiro atoms. The zero-order valence-electron chi connectivity index (χ0n) is 11.9. The fourth-order valence-corrected chi connectivity index (χ4v) is 2.52. The number of nitrogens with one attached hydrogen (secondary N) is 1. The number of ether oxygens (including phenoxy) is 1. The molecule has 0 aromatic heterocycles. The number of halogens is 1. The molecule has 19 heavy (non-hydrogen) atoms. The maximum Gasteiger partial charge on any atom is 0.124 e. The summed E-state index contributed by atoms with van der Waals surface area (Å²) in [7, 11) is 0. The van der Waals surface area contributed by atoms with Crippen LogP contribution in [0.15, 0.2) is 18.2 Å². The topological polar surface area (TPSA) is 21.3 Å². The Morgan fingerprint density at radius 2 is 2.21 bits per heavy atom. The molecule has 1 aromatic rings. The zero-order valence-corrected chi connectivity index (χ0v) is 11.9. The van der Waals surface area contributed by atoms with E-state index < -0.39 is 0 Å². The third-order valence-electron chi connectivity index (χ3n) is 3.96. The van der Waals surface area contributed by atoms with Gasteiger partial charge in [-0.05, 0) is 44.0 Å². The smallest absolute Gasteiger partial charge is 0.124 e. The van der Waals surface area contributed by atoms with Crippen LogP contribution in [0.25, 0.3) is 0 Å². The van der Waals surface area contributed by atoms with E-state index in [2.05, 4.69) is 5.32 Å². The SMILES string of the molecule is CCNC(C)c1cc(F)ccc1OCCC1CCC1. The van der Waals surface area contributed by atoms with Crippen LogP contribution < -0.4 is 10.1 Å². The molecule has 1 aromatic carbocycles. The van der Waals surface area contributed by atoms with Gasteiger partial charge in [-0.2, -0.15) is 0 Å². The molecule has 0 amide bonds. The van der Waals surface area contributed by atoms with E-state index in [-0.39, 0.29) is 11.9 Å². The molecule has 1 atom stereocenters. The molecule has 0 aliphatic heterocycles. The molecule has 0 saturated heterocycles. The molecule has 1 unspecified atom stereocenters. The number of benzene rings is 1. The van der Waals surface area contributed by atoms with Gasteiger partial charge in [-0.3, -0.25) is 0 Å². The van der Waals surface area contributed by atoms with Crippen LogP contribution in [-0.4, -0.2) is 13.2 Å². The summed E-state index contributed by atoms with van der Waals surface area (Å²) in [6.07, 6.45) is 5.16. The molecule has 1 aliphatic rings. The minimum absolute atomic E-state index is 0.111. The molecular formula is C16H24FNO. The highest BCUT2D eigenvalue weighted by Crippen LogP contribution is 2.30. The zero-order chi connectivity index (χ0) is 13.7. The van der Waals surface area contributed by atoms with Crippen molar-refractivity contribution >= 4 is 0 Å². The van der Waals surface area contributed by atoms with Crippen LogP contribution in [0.5, 0.6) is 5.75 Å². The van der Waals surface area contributed by atoms with Crippen LogP contribution in [0.2, 0.25) is 0 Å². The highest BCUT2D eigenvalue weighted by Gasteiger charge is 2.18. The summed E-state index contributed by atoms with van der Waals surface area (Å²) in [4.78, 5) is 0. The number of hydrogen-bond donors (Lipinski definition) is 1. The Hall–Kier alpha value is -1.09. The van der Waals surface area contributed by atoms with Crippen molar-refractivity contribution in [2.24, 2.45) is 5.92 Å². The van der Waals surface area contributed by atoms with Crippen molar-refractivity contribution in [1.82, 2.24) is 5.32 Å². The van der Waals surface area contributed by atoms with Gasteiger partial charge in [0.25, 0.3) is 0 Å². The van der Waals surface area contributed by atoms with Crippen LogP contribution in [-0.2, 0) is 0 Å². The second-order valence-electron chi connectivity index (χ2n) is 5.40. The van der Waals surface area contributed by atoms with E-state index in [9.17, 15) is 4.39 Å². The Labute approximate surface area is 115 Å². The lowest BCUT2D eigenvalue weighted by atomic mass is 9.83. The predicted octanol–water partition coefficient (Wildman–Crippen LogP) is 4.07. The predicted molar refractivity (Wildman–Crippen MR) is 75.9 cm³/mol. The van der Waals surface area contributed by atoms with Crippen LogP contribution in [0.4, 0.5) is 4.39 Å². The Balaban J connectivity index is 1.96. The summed E-state index contributed by atoms with van der Waals surface area (Å²) in [5.41, 5.74) is 0.912. The fraction of sp³-hybridized carbons (Fsp3) is 0.625. The summed E-state index contributed by atoms with van der Waals surface area (Å²) in [5, 5.41) is 3.30. The van der Waals surface area contributed by atoms with Gasteiger partial charge in [0.2, 0.25) is 0 Å². The van der Waals surface area contributed by atoms with Crippen LogP contribution in [0.1, 0.15) is 51.1 Å². The largest absolute Gasteiger partial charge is 0.493 e. The maximum atomic E-state index is 13.4. The van der Waals surface area contributed by atoms with Crippen molar-refractivity contribution in [2.75, 3.05) is 13.2 Å². The second kappa shape index (κ2) is 6.90. The van der Waals surface area contributed by atoms with Crippen molar-refractivity contribution in [1.29, 1.82) is 0 Å². The molecule has 2 nitrogen and oxygen atoms in total. The van der Waals surface area contributed by atoms with E-state index in [1.807, 2.05) is 13.8 Å². The van der Waals surface area contributed by atoms with Gasteiger partial charge in [-0.15, -0.1) is 0 Å².